The average molecular weight is 523 g/mol. The van der Waals surface area contributed by atoms with Crippen LogP contribution in [0.15, 0.2) is 54.6 Å². The second-order valence-corrected chi connectivity index (χ2v) is 11.4. The molecule has 1 aliphatic rings. The maximum absolute atomic E-state index is 14.1. The highest BCUT2D eigenvalue weighted by atomic mass is 16.5. The second-order valence-electron chi connectivity index (χ2n) is 11.4. The average Bonchev–Trinajstić information content (AvgIpc) is 2.94. The van der Waals surface area contributed by atoms with Crippen LogP contribution < -0.4 is 4.74 Å². The van der Waals surface area contributed by atoms with Gasteiger partial charge >= 0.3 is 11.9 Å². The quantitative estimate of drug-likeness (QED) is 0.272. The van der Waals surface area contributed by atoms with Crippen molar-refractivity contribution in [2.45, 2.75) is 78.2 Å². The van der Waals surface area contributed by atoms with Gasteiger partial charge in [-0.25, -0.2) is 14.1 Å². The molecule has 1 amide bonds. The maximum atomic E-state index is 14.1. The number of ketones is 1. The Bertz CT molecular complexity index is 1090. The van der Waals surface area contributed by atoms with Crippen LogP contribution in [0.2, 0.25) is 0 Å². The zero-order valence-corrected chi connectivity index (χ0v) is 23.6. The van der Waals surface area contributed by atoms with Gasteiger partial charge in [0, 0.05) is 24.7 Å². The Morgan fingerprint density at radius 2 is 1.71 bits per heavy atom. The first-order valence-corrected chi connectivity index (χ1v) is 14.0. The van der Waals surface area contributed by atoms with Gasteiger partial charge in [-0.1, -0.05) is 76.6 Å². The lowest BCUT2D eigenvalue weighted by Gasteiger charge is -2.47. The number of rotatable bonds is 12. The maximum Gasteiger partial charge on any atom is 0.383 e. The number of methoxy groups -OCH3 is 1. The molecule has 1 aliphatic heterocycles. The minimum Gasteiger partial charge on any atom is -0.497 e. The van der Waals surface area contributed by atoms with E-state index >= 15 is 0 Å². The monoisotopic (exact) mass is 522 g/mol. The van der Waals surface area contributed by atoms with E-state index in [2.05, 4.69) is 19.1 Å². The van der Waals surface area contributed by atoms with Gasteiger partial charge in [0.15, 0.2) is 6.04 Å². The van der Waals surface area contributed by atoms with Crippen LogP contribution in [0.25, 0.3) is 0 Å². The highest BCUT2D eigenvalue weighted by molar-refractivity contribution is 6.35. The molecule has 0 aromatic heterocycles. The summed E-state index contributed by atoms with van der Waals surface area (Å²) >= 11 is 0. The van der Waals surface area contributed by atoms with Crippen molar-refractivity contribution in [2.75, 3.05) is 20.2 Å². The van der Waals surface area contributed by atoms with Crippen LogP contribution in [-0.4, -0.2) is 53.5 Å². The van der Waals surface area contributed by atoms with Crippen molar-refractivity contribution in [2.24, 2.45) is 11.3 Å². The van der Waals surface area contributed by atoms with Crippen molar-refractivity contribution in [1.82, 2.24) is 0 Å². The zero-order valence-electron chi connectivity index (χ0n) is 23.6. The summed E-state index contributed by atoms with van der Waals surface area (Å²) in [7, 11) is 1.61. The summed E-state index contributed by atoms with van der Waals surface area (Å²) in [4.78, 5) is 40.5. The smallest absolute Gasteiger partial charge is 0.383 e. The SMILES string of the molecule is CCCC(c1ccccc1)C1CC[N+](CCc2ccc(OC)cc2)(C(=O)C(=O)C(C)(C)CC)C(C(=O)O)C1. The van der Waals surface area contributed by atoms with Crippen molar-refractivity contribution < 1.29 is 28.7 Å². The first-order valence-electron chi connectivity index (χ1n) is 14.0. The van der Waals surface area contributed by atoms with Gasteiger partial charge < -0.3 is 9.84 Å². The first kappa shape index (κ1) is 29.6. The molecule has 4 unspecified atom stereocenters. The first-order chi connectivity index (χ1) is 18.1. The van der Waals surface area contributed by atoms with Gasteiger partial charge in [-0.05, 0) is 47.9 Å². The second kappa shape index (κ2) is 12.7. The summed E-state index contributed by atoms with van der Waals surface area (Å²) in [5.41, 5.74) is 1.37. The zero-order chi connectivity index (χ0) is 27.9. The van der Waals surface area contributed by atoms with E-state index in [1.165, 1.54) is 5.56 Å². The van der Waals surface area contributed by atoms with Crippen LogP contribution in [0.5, 0.6) is 5.75 Å². The molecule has 0 saturated carbocycles. The Labute approximate surface area is 227 Å². The standard InChI is InChI=1S/C32H43NO5/c1-6-11-27(24-12-9-8-10-13-24)25-19-21-33(28(22-25)31(36)37,30(35)29(34)32(3,4)7-2)20-18-23-14-16-26(38-5)17-15-23/h8-10,12-17,25,27-28H,6-7,11,18-22H2,1-5H3/p+1. The van der Waals surface area contributed by atoms with Crippen molar-refractivity contribution >= 4 is 17.7 Å². The Kier molecular flexibility index (Phi) is 9.88. The van der Waals surface area contributed by atoms with Gasteiger partial charge in [-0.15, -0.1) is 0 Å². The molecule has 0 radical (unpaired) electrons. The summed E-state index contributed by atoms with van der Waals surface area (Å²) in [5.74, 6) is -0.919. The van der Waals surface area contributed by atoms with E-state index in [9.17, 15) is 19.5 Å². The Hall–Kier alpha value is -2.99. The fourth-order valence-corrected chi connectivity index (χ4v) is 5.91. The number of quaternary nitrogens is 1. The third-order valence-corrected chi connectivity index (χ3v) is 8.76. The van der Waals surface area contributed by atoms with Gasteiger partial charge in [0.25, 0.3) is 5.78 Å². The van der Waals surface area contributed by atoms with E-state index < -0.39 is 29.1 Å². The lowest BCUT2D eigenvalue weighted by Crippen LogP contribution is -2.69. The number of nitrogens with zero attached hydrogens (tertiary/aromatic N) is 1. The Morgan fingerprint density at radius 3 is 2.26 bits per heavy atom. The number of amides is 1. The number of aliphatic carboxylic acids is 1. The van der Waals surface area contributed by atoms with E-state index in [1.54, 1.807) is 21.0 Å². The van der Waals surface area contributed by atoms with Crippen LogP contribution in [0.4, 0.5) is 0 Å². The predicted octanol–water partition coefficient (Wildman–Crippen LogP) is 6.03. The van der Waals surface area contributed by atoms with Gasteiger partial charge in [0.2, 0.25) is 0 Å². The molecule has 6 nitrogen and oxygen atoms in total. The summed E-state index contributed by atoms with van der Waals surface area (Å²) in [6.07, 6.45) is 4.06. The van der Waals surface area contributed by atoms with Gasteiger partial charge in [-0.2, -0.15) is 0 Å². The number of piperidine rings is 1. The lowest BCUT2D eigenvalue weighted by atomic mass is 9.74. The van der Waals surface area contributed by atoms with Crippen LogP contribution in [0.3, 0.4) is 0 Å². The Morgan fingerprint density at radius 1 is 1.05 bits per heavy atom. The number of carboxylic acid groups (broad SMARTS) is 1. The van der Waals surface area contributed by atoms with E-state index in [0.717, 1.165) is 24.2 Å². The molecule has 1 fully saturated rings. The number of carbonyl (C=O) groups is 3. The number of likely N-dealkylation sites (tertiary alicyclic amines) is 1. The molecular weight excluding hydrogens is 478 g/mol. The summed E-state index contributed by atoms with van der Waals surface area (Å²) in [5, 5.41) is 10.5. The van der Waals surface area contributed by atoms with Crippen LogP contribution in [0.1, 0.15) is 76.8 Å². The van der Waals surface area contributed by atoms with Crippen LogP contribution >= 0.6 is 0 Å². The van der Waals surface area contributed by atoms with Gasteiger partial charge in [0.1, 0.15) is 5.75 Å². The van der Waals surface area contributed by atoms with E-state index in [4.69, 9.17) is 4.74 Å². The molecule has 6 heteroatoms. The molecule has 2 aromatic carbocycles. The number of hydrogen-bond donors (Lipinski definition) is 1. The number of benzene rings is 2. The third kappa shape index (κ3) is 6.35. The van der Waals surface area contributed by atoms with E-state index in [1.807, 2.05) is 49.4 Å². The number of ether oxygens (including phenoxy) is 1. The van der Waals surface area contributed by atoms with E-state index in [0.29, 0.717) is 32.2 Å². The molecule has 0 bridgehead atoms. The van der Waals surface area contributed by atoms with Crippen molar-refractivity contribution in [3.63, 3.8) is 0 Å². The number of carbonyl (C=O) groups excluding carboxylic acids is 2. The summed E-state index contributed by atoms with van der Waals surface area (Å²) in [6, 6.07) is 16.9. The molecule has 0 aliphatic carbocycles. The van der Waals surface area contributed by atoms with Crippen LogP contribution in [0, 0.1) is 11.3 Å². The topological polar surface area (TPSA) is 80.7 Å². The predicted molar refractivity (Wildman–Crippen MR) is 149 cm³/mol. The lowest BCUT2D eigenvalue weighted by molar-refractivity contribution is -0.874. The minimum atomic E-state index is -0.997. The van der Waals surface area contributed by atoms with Gasteiger partial charge in [0.05, 0.1) is 20.2 Å². The number of carboxylic acids is 1. The molecule has 3 rings (SSSR count). The molecule has 1 heterocycles. The molecule has 38 heavy (non-hydrogen) atoms. The third-order valence-electron chi connectivity index (χ3n) is 8.76. The molecule has 1 saturated heterocycles. The fraction of sp³-hybridized carbons (Fsp3) is 0.531. The molecule has 1 N–H and O–H groups in total. The molecular formula is C32H44NO5+. The van der Waals surface area contributed by atoms with E-state index in [-0.39, 0.29) is 22.9 Å². The molecule has 4 atom stereocenters. The Balaban J connectivity index is 1.99. The molecule has 206 valence electrons. The number of hydrogen-bond acceptors (Lipinski definition) is 4. The van der Waals surface area contributed by atoms with Crippen molar-refractivity contribution in [3.05, 3.63) is 65.7 Å². The highest BCUT2D eigenvalue weighted by Gasteiger charge is 2.56. The van der Waals surface area contributed by atoms with Gasteiger partial charge in [-0.3, -0.25) is 4.79 Å². The number of Topliss-reactive ketones (excluding diaryl/α,β-unsaturated/α-hetero) is 1. The molecule has 0 spiro atoms. The minimum absolute atomic E-state index is 0.132. The summed E-state index contributed by atoms with van der Waals surface area (Å²) < 4.78 is 4.95. The summed E-state index contributed by atoms with van der Waals surface area (Å²) in [6.45, 7) is 8.24. The van der Waals surface area contributed by atoms with Crippen molar-refractivity contribution in [3.8, 4) is 5.75 Å². The fourth-order valence-electron chi connectivity index (χ4n) is 5.91. The van der Waals surface area contributed by atoms with Crippen molar-refractivity contribution in [1.29, 1.82) is 0 Å². The largest absolute Gasteiger partial charge is 0.497 e. The molecule has 2 aromatic rings. The van der Waals surface area contributed by atoms with Crippen LogP contribution in [-0.2, 0) is 20.8 Å². The normalized spacial score (nSPS) is 22.4. The highest BCUT2D eigenvalue weighted by Crippen LogP contribution is 2.42.